The second-order valence-corrected chi connectivity index (χ2v) is 9.16. The van der Waals surface area contributed by atoms with E-state index in [1.165, 1.54) is 25.5 Å². The molecular weight excluding hydrogens is 506 g/mol. The van der Waals surface area contributed by atoms with Crippen LogP contribution >= 0.6 is 0 Å². The molecule has 2 aromatic carbocycles. The first-order valence-corrected chi connectivity index (χ1v) is 13.5. The standard InChI is InChI=1S/C18H19N3O3.C10H12O2.C4H10/c1-4-5-15(22)13-11-18-19-9-8-14(21(18)20-13)12-6-7-16(23-2)17(10-12)24-3;1-7-4-5-9(6-8(7)2)10(11)12-3;1-3-4-2/h6-11H,4-5H2,1-3H3;4-6H,1-3H3;3-4H2,1-2H3. The minimum absolute atomic E-state index is 0.0289. The Morgan fingerprint density at radius 1 is 0.800 bits per heavy atom. The normalized spacial score (nSPS) is 10.1. The maximum atomic E-state index is 12.1. The fourth-order valence-electron chi connectivity index (χ4n) is 3.59. The first kappa shape index (κ1) is 32.0. The number of rotatable bonds is 8. The molecule has 4 aromatic rings. The predicted molar refractivity (Wildman–Crippen MR) is 159 cm³/mol. The predicted octanol–water partition coefficient (Wildman–Crippen LogP) is 7.29. The molecule has 0 bridgehead atoms. The fourth-order valence-corrected chi connectivity index (χ4v) is 3.59. The van der Waals surface area contributed by atoms with Gasteiger partial charge in [-0.3, -0.25) is 4.79 Å². The number of fused-ring (bicyclic) bond motifs is 1. The van der Waals surface area contributed by atoms with Gasteiger partial charge in [-0.05, 0) is 67.8 Å². The molecule has 0 atom stereocenters. The van der Waals surface area contributed by atoms with Crippen LogP contribution in [0.15, 0.2) is 54.7 Å². The van der Waals surface area contributed by atoms with Crippen LogP contribution in [0.25, 0.3) is 16.9 Å². The first-order chi connectivity index (χ1) is 19.2. The Morgan fingerprint density at radius 3 is 2.08 bits per heavy atom. The van der Waals surface area contributed by atoms with Gasteiger partial charge in [0.05, 0.1) is 32.6 Å². The second kappa shape index (κ2) is 16.0. The lowest BCUT2D eigenvalue weighted by atomic mass is 10.1. The number of ketones is 1. The number of hydrogen-bond acceptors (Lipinski definition) is 7. The minimum Gasteiger partial charge on any atom is -0.493 e. The van der Waals surface area contributed by atoms with Gasteiger partial charge in [0.25, 0.3) is 0 Å². The molecule has 8 nitrogen and oxygen atoms in total. The molecule has 0 saturated heterocycles. The summed E-state index contributed by atoms with van der Waals surface area (Å²) >= 11 is 0. The summed E-state index contributed by atoms with van der Waals surface area (Å²) in [4.78, 5) is 27.5. The van der Waals surface area contributed by atoms with Gasteiger partial charge in [0.1, 0.15) is 5.69 Å². The Bertz CT molecular complexity index is 1410. The number of aromatic nitrogens is 3. The largest absolute Gasteiger partial charge is 0.493 e. The molecule has 8 heteroatoms. The molecular formula is C32H41N3O5. The highest BCUT2D eigenvalue weighted by Crippen LogP contribution is 2.32. The molecule has 0 aliphatic heterocycles. The highest BCUT2D eigenvalue weighted by atomic mass is 16.5. The van der Waals surface area contributed by atoms with Gasteiger partial charge in [-0.25, -0.2) is 14.3 Å². The molecule has 0 N–H and O–H groups in total. The average molecular weight is 548 g/mol. The molecule has 0 amide bonds. The van der Waals surface area contributed by atoms with E-state index in [1.54, 1.807) is 37.1 Å². The van der Waals surface area contributed by atoms with Crippen LogP contribution in [0.3, 0.4) is 0 Å². The van der Waals surface area contributed by atoms with E-state index in [1.807, 2.05) is 57.2 Å². The second-order valence-electron chi connectivity index (χ2n) is 9.16. The molecule has 0 fully saturated rings. The van der Waals surface area contributed by atoms with Gasteiger partial charge in [-0.2, -0.15) is 5.10 Å². The summed E-state index contributed by atoms with van der Waals surface area (Å²) in [6.07, 6.45) is 5.62. The number of esters is 1. The monoisotopic (exact) mass is 547 g/mol. The van der Waals surface area contributed by atoms with Crippen molar-refractivity contribution < 1.29 is 23.8 Å². The van der Waals surface area contributed by atoms with Crippen molar-refractivity contribution >= 4 is 17.4 Å². The summed E-state index contributed by atoms with van der Waals surface area (Å²) in [6.45, 7) is 10.3. The van der Waals surface area contributed by atoms with Crippen LogP contribution in [0.2, 0.25) is 0 Å². The lowest BCUT2D eigenvalue weighted by Crippen LogP contribution is -2.01. The lowest BCUT2D eigenvalue weighted by Gasteiger charge is -2.10. The minimum atomic E-state index is -0.280. The first-order valence-electron chi connectivity index (χ1n) is 13.5. The van der Waals surface area contributed by atoms with Crippen LogP contribution in [-0.4, -0.2) is 47.7 Å². The number of methoxy groups -OCH3 is 3. The molecule has 0 spiro atoms. The summed E-state index contributed by atoms with van der Waals surface area (Å²) in [6, 6.07) is 14.7. The van der Waals surface area contributed by atoms with Gasteiger partial charge < -0.3 is 14.2 Å². The van der Waals surface area contributed by atoms with Gasteiger partial charge in [0, 0.05) is 24.2 Å². The third-order valence-electron chi connectivity index (χ3n) is 6.23. The van der Waals surface area contributed by atoms with Gasteiger partial charge in [-0.1, -0.05) is 39.7 Å². The van der Waals surface area contributed by atoms with Crippen molar-refractivity contribution in [2.75, 3.05) is 21.3 Å². The zero-order valence-corrected chi connectivity index (χ0v) is 24.9. The quantitative estimate of drug-likeness (QED) is 0.169. The number of hydrogen-bond donors (Lipinski definition) is 0. The lowest BCUT2D eigenvalue weighted by molar-refractivity contribution is 0.0600. The zero-order chi connectivity index (χ0) is 29.7. The van der Waals surface area contributed by atoms with E-state index in [0.717, 1.165) is 23.2 Å². The van der Waals surface area contributed by atoms with Crippen molar-refractivity contribution in [2.45, 2.75) is 60.3 Å². The molecule has 0 aliphatic carbocycles. The molecule has 2 aromatic heterocycles. The number of carbonyl (C=O) groups excluding carboxylic acids is 2. The van der Waals surface area contributed by atoms with Crippen molar-refractivity contribution in [1.82, 2.24) is 14.6 Å². The molecule has 0 aliphatic rings. The molecule has 0 unspecified atom stereocenters. The highest BCUT2D eigenvalue weighted by Gasteiger charge is 2.14. The van der Waals surface area contributed by atoms with E-state index in [9.17, 15) is 9.59 Å². The number of unbranched alkanes of at least 4 members (excludes halogenated alkanes) is 1. The molecule has 2 heterocycles. The molecule has 40 heavy (non-hydrogen) atoms. The van der Waals surface area contributed by atoms with Crippen LogP contribution in [0.5, 0.6) is 11.5 Å². The van der Waals surface area contributed by atoms with Crippen molar-refractivity contribution in [3.63, 3.8) is 0 Å². The Balaban J connectivity index is 0.000000292. The van der Waals surface area contributed by atoms with Gasteiger partial charge in [-0.15, -0.1) is 0 Å². The maximum absolute atomic E-state index is 12.1. The Labute approximate surface area is 237 Å². The van der Waals surface area contributed by atoms with E-state index >= 15 is 0 Å². The maximum Gasteiger partial charge on any atom is 0.337 e. The number of aryl methyl sites for hydroxylation is 2. The van der Waals surface area contributed by atoms with Crippen LogP contribution in [0, 0.1) is 13.8 Å². The van der Waals surface area contributed by atoms with E-state index < -0.39 is 0 Å². The number of Topliss-reactive ketones (excluding diaryl/α,β-unsaturated/α-hetero) is 1. The Hall–Kier alpha value is -4.20. The summed E-state index contributed by atoms with van der Waals surface area (Å²) in [5, 5.41) is 4.44. The molecule has 0 radical (unpaired) electrons. The molecule has 4 rings (SSSR count). The third-order valence-corrected chi connectivity index (χ3v) is 6.23. The summed E-state index contributed by atoms with van der Waals surface area (Å²) < 4.78 is 16.9. The average Bonchev–Trinajstić information content (AvgIpc) is 3.43. The van der Waals surface area contributed by atoms with Gasteiger partial charge >= 0.3 is 5.97 Å². The van der Waals surface area contributed by atoms with E-state index in [0.29, 0.717) is 34.8 Å². The summed E-state index contributed by atoms with van der Waals surface area (Å²) in [5.74, 6) is 1.04. The van der Waals surface area contributed by atoms with Crippen molar-refractivity contribution in [3.8, 4) is 22.8 Å². The highest BCUT2D eigenvalue weighted by molar-refractivity contribution is 5.95. The van der Waals surface area contributed by atoms with E-state index in [4.69, 9.17) is 9.47 Å². The Kier molecular flexibility index (Phi) is 12.8. The summed E-state index contributed by atoms with van der Waals surface area (Å²) in [5.41, 5.74) is 5.72. The number of carbonyl (C=O) groups is 2. The van der Waals surface area contributed by atoms with E-state index in [2.05, 4.69) is 28.7 Å². The number of nitrogens with zero attached hydrogens (tertiary/aromatic N) is 3. The smallest absolute Gasteiger partial charge is 0.337 e. The SMILES string of the molecule is CCCC.CCCC(=O)c1cc2nccc(-c3ccc(OC)c(OC)c3)n2n1.COC(=O)c1ccc(C)c(C)c1. The van der Waals surface area contributed by atoms with Crippen LogP contribution in [0.4, 0.5) is 0 Å². The van der Waals surface area contributed by atoms with Gasteiger partial charge in [0.2, 0.25) is 0 Å². The van der Waals surface area contributed by atoms with Crippen LogP contribution < -0.4 is 9.47 Å². The molecule has 0 saturated carbocycles. The van der Waals surface area contributed by atoms with Crippen molar-refractivity contribution in [1.29, 1.82) is 0 Å². The third kappa shape index (κ3) is 8.40. The van der Waals surface area contributed by atoms with Crippen LogP contribution in [-0.2, 0) is 4.74 Å². The topological polar surface area (TPSA) is 92.0 Å². The fraction of sp³-hybridized carbons (Fsp3) is 0.375. The van der Waals surface area contributed by atoms with Crippen molar-refractivity contribution in [3.05, 3.63) is 77.1 Å². The van der Waals surface area contributed by atoms with Crippen molar-refractivity contribution in [2.24, 2.45) is 0 Å². The molecule has 214 valence electrons. The number of benzene rings is 2. The van der Waals surface area contributed by atoms with Gasteiger partial charge in [0.15, 0.2) is 22.9 Å². The number of ether oxygens (including phenoxy) is 3. The summed E-state index contributed by atoms with van der Waals surface area (Å²) in [7, 11) is 4.58. The zero-order valence-electron chi connectivity index (χ0n) is 24.9. The van der Waals surface area contributed by atoms with Crippen LogP contribution in [0.1, 0.15) is 78.4 Å². The Morgan fingerprint density at radius 2 is 1.50 bits per heavy atom. The van der Waals surface area contributed by atoms with E-state index in [-0.39, 0.29) is 11.8 Å².